The Morgan fingerprint density at radius 3 is 2.51 bits per heavy atom. The van der Waals surface area contributed by atoms with Gasteiger partial charge in [-0.15, -0.1) is 11.3 Å². The lowest BCUT2D eigenvalue weighted by Crippen LogP contribution is -2.24. The molecule has 1 aliphatic carbocycles. The molecule has 206 valence electrons. The standard InChI is InChI=1S/C32H28N4O3S2/c37-28(35-33-19-22-15-17-25(18-16-22)39-20-23-9-3-1-4-10-23)21-40-32-34-30-29(26-13-7-8-14-27(26)41-30)31(38)36(32)24-11-5-2-6-12-24/h1-6,9-12,15-19H,7-8,13-14,20-21H2,(H,35,37)/b33-19+. The second kappa shape index (κ2) is 12.5. The van der Waals surface area contributed by atoms with Gasteiger partial charge in [0, 0.05) is 4.88 Å². The topological polar surface area (TPSA) is 85.6 Å². The van der Waals surface area contributed by atoms with Gasteiger partial charge < -0.3 is 4.74 Å². The number of thioether (sulfide) groups is 1. The van der Waals surface area contributed by atoms with E-state index in [1.165, 1.54) is 16.6 Å². The minimum Gasteiger partial charge on any atom is -0.489 e. The van der Waals surface area contributed by atoms with Crippen molar-refractivity contribution in [2.24, 2.45) is 5.10 Å². The van der Waals surface area contributed by atoms with Crippen LogP contribution in [0.2, 0.25) is 0 Å². The van der Waals surface area contributed by atoms with Crippen LogP contribution in [0.15, 0.2) is 100.0 Å². The summed E-state index contributed by atoms with van der Waals surface area (Å²) in [4.78, 5) is 33.3. The average molecular weight is 581 g/mol. The summed E-state index contributed by atoms with van der Waals surface area (Å²) < 4.78 is 7.45. The number of aromatic nitrogens is 2. The van der Waals surface area contributed by atoms with E-state index in [1.54, 1.807) is 22.1 Å². The lowest BCUT2D eigenvalue weighted by molar-refractivity contribution is -0.118. The number of hydrogen-bond acceptors (Lipinski definition) is 7. The number of fused-ring (bicyclic) bond motifs is 3. The third kappa shape index (κ3) is 6.26. The fourth-order valence-corrected chi connectivity index (χ4v) is 6.93. The van der Waals surface area contributed by atoms with Crippen molar-refractivity contribution in [2.45, 2.75) is 37.4 Å². The Morgan fingerprint density at radius 2 is 1.73 bits per heavy atom. The van der Waals surface area contributed by atoms with E-state index < -0.39 is 0 Å². The second-order valence-electron chi connectivity index (χ2n) is 9.69. The van der Waals surface area contributed by atoms with Crippen molar-refractivity contribution in [3.05, 3.63) is 117 Å². The highest BCUT2D eigenvalue weighted by atomic mass is 32.2. The third-order valence-corrected chi connectivity index (χ3v) is 8.96. The maximum Gasteiger partial charge on any atom is 0.267 e. The molecule has 0 saturated carbocycles. The minimum atomic E-state index is -0.284. The smallest absolute Gasteiger partial charge is 0.267 e. The van der Waals surface area contributed by atoms with Crippen molar-refractivity contribution in [1.29, 1.82) is 0 Å². The van der Waals surface area contributed by atoms with Crippen LogP contribution >= 0.6 is 23.1 Å². The van der Waals surface area contributed by atoms with Crippen molar-refractivity contribution in [3.8, 4) is 11.4 Å². The number of ether oxygens (including phenoxy) is 1. The van der Waals surface area contributed by atoms with E-state index in [0.29, 0.717) is 11.8 Å². The second-order valence-corrected chi connectivity index (χ2v) is 11.7. The van der Waals surface area contributed by atoms with Gasteiger partial charge in [0.1, 0.15) is 17.2 Å². The molecule has 0 fully saturated rings. The summed E-state index contributed by atoms with van der Waals surface area (Å²) in [5, 5.41) is 5.33. The summed E-state index contributed by atoms with van der Waals surface area (Å²) in [6.07, 6.45) is 5.73. The van der Waals surface area contributed by atoms with E-state index >= 15 is 0 Å². The third-order valence-electron chi connectivity index (χ3n) is 6.84. The Kier molecular flexibility index (Phi) is 8.25. The monoisotopic (exact) mass is 580 g/mol. The number of hydrazone groups is 1. The summed E-state index contributed by atoms with van der Waals surface area (Å²) in [6.45, 7) is 0.497. The quantitative estimate of drug-likeness (QED) is 0.0979. The number of carbonyl (C=O) groups excluding carboxylic acids is 1. The first-order valence-electron chi connectivity index (χ1n) is 13.5. The van der Waals surface area contributed by atoms with Crippen LogP contribution in [0, 0.1) is 0 Å². The molecule has 41 heavy (non-hydrogen) atoms. The van der Waals surface area contributed by atoms with Crippen LogP contribution in [-0.4, -0.2) is 27.4 Å². The van der Waals surface area contributed by atoms with E-state index in [9.17, 15) is 9.59 Å². The Hall–Kier alpha value is -4.21. The molecule has 3 aromatic carbocycles. The van der Waals surface area contributed by atoms with Crippen LogP contribution in [0.3, 0.4) is 0 Å². The molecule has 7 nitrogen and oxygen atoms in total. The molecular weight excluding hydrogens is 553 g/mol. The number of aryl methyl sites for hydroxylation is 2. The molecule has 9 heteroatoms. The molecule has 6 rings (SSSR count). The van der Waals surface area contributed by atoms with Gasteiger partial charge in [-0.3, -0.25) is 14.2 Å². The predicted octanol–water partition coefficient (Wildman–Crippen LogP) is 6.15. The zero-order valence-electron chi connectivity index (χ0n) is 22.3. The summed E-state index contributed by atoms with van der Waals surface area (Å²) in [7, 11) is 0. The first kappa shape index (κ1) is 27.0. The number of nitrogens with one attached hydrogen (secondary N) is 1. The van der Waals surface area contributed by atoms with Gasteiger partial charge in [-0.1, -0.05) is 60.3 Å². The molecule has 2 aromatic heterocycles. The number of benzene rings is 3. The predicted molar refractivity (Wildman–Crippen MR) is 166 cm³/mol. The Labute approximate surface area is 245 Å². The summed E-state index contributed by atoms with van der Waals surface area (Å²) in [5.74, 6) is 0.542. The number of amides is 1. The van der Waals surface area contributed by atoms with Crippen LogP contribution in [-0.2, 0) is 24.2 Å². The SMILES string of the molecule is O=C(CSc1nc2sc3c(c2c(=O)n1-c1ccccc1)CCCC3)N/N=C/c1ccc(OCc2ccccc2)cc1. The fraction of sp³-hybridized carbons (Fsp3) is 0.188. The molecule has 1 aliphatic rings. The zero-order valence-corrected chi connectivity index (χ0v) is 23.9. The maximum absolute atomic E-state index is 13.8. The molecule has 0 aliphatic heterocycles. The van der Waals surface area contributed by atoms with Crippen LogP contribution in [0.1, 0.15) is 34.4 Å². The molecule has 0 atom stereocenters. The zero-order chi connectivity index (χ0) is 28.0. The van der Waals surface area contributed by atoms with Crippen molar-refractivity contribution in [1.82, 2.24) is 15.0 Å². The fourth-order valence-electron chi connectivity index (χ4n) is 4.82. The van der Waals surface area contributed by atoms with E-state index in [1.807, 2.05) is 84.9 Å². The number of nitrogens with zero attached hydrogens (tertiary/aromatic N) is 3. The molecule has 0 bridgehead atoms. The number of rotatable bonds is 9. The molecule has 0 saturated heterocycles. The molecular formula is C32H28N4O3S2. The lowest BCUT2D eigenvalue weighted by atomic mass is 9.97. The molecule has 1 amide bonds. The van der Waals surface area contributed by atoms with Crippen LogP contribution in [0.25, 0.3) is 15.9 Å². The van der Waals surface area contributed by atoms with E-state index in [-0.39, 0.29) is 17.2 Å². The minimum absolute atomic E-state index is 0.0689. The lowest BCUT2D eigenvalue weighted by Gasteiger charge is -2.13. The number of thiophene rings is 1. The highest BCUT2D eigenvalue weighted by Gasteiger charge is 2.23. The van der Waals surface area contributed by atoms with Gasteiger partial charge in [-0.2, -0.15) is 5.10 Å². The first-order valence-corrected chi connectivity index (χ1v) is 15.3. The van der Waals surface area contributed by atoms with E-state index in [0.717, 1.165) is 64.0 Å². The summed E-state index contributed by atoms with van der Waals surface area (Å²) in [6, 6.07) is 27.0. The molecule has 5 aromatic rings. The van der Waals surface area contributed by atoms with E-state index in [4.69, 9.17) is 9.72 Å². The summed E-state index contributed by atoms with van der Waals surface area (Å²) in [5.41, 5.74) is 6.33. The molecule has 0 unspecified atom stereocenters. The summed E-state index contributed by atoms with van der Waals surface area (Å²) >= 11 is 2.84. The Morgan fingerprint density at radius 1 is 1.00 bits per heavy atom. The Bertz CT molecular complexity index is 1750. The van der Waals surface area contributed by atoms with Crippen LogP contribution in [0.4, 0.5) is 0 Å². The van der Waals surface area contributed by atoms with Crippen molar-refractivity contribution in [3.63, 3.8) is 0 Å². The van der Waals surface area contributed by atoms with Gasteiger partial charge in [0.25, 0.3) is 11.5 Å². The van der Waals surface area contributed by atoms with Crippen LogP contribution < -0.4 is 15.7 Å². The van der Waals surface area contributed by atoms with Crippen molar-refractivity contribution >= 4 is 45.4 Å². The first-order chi connectivity index (χ1) is 20.2. The number of hydrogen-bond donors (Lipinski definition) is 1. The van der Waals surface area contributed by atoms with Crippen molar-refractivity contribution in [2.75, 3.05) is 5.75 Å². The molecule has 0 radical (unpaired) electrons. The van der Waals surface area contributed by atoms with Gasteiger partial charge in [-0.05, 0) is 78.8 Å². The Balaban J connectivity index is 1.12. The van der Waals surface area contributed by atoms with Gasteiger partial charge in [0.2, 0.25) is 0 Å². The normalized spacial score (nSPS) is 12.9. The average Bonchev–Trinajstić information content (AvgIpc) is 3.39. The highest BCUT2D eigenvalue weighted by molar-refractivity contribution is 7.99. The van der Waals surface area contributed by atoms with Gasteiger partial charge in [-0.25, -0.2) is 10.4 Å². The molecule has 2 heterocycles. The van der Waals surface area contributed by atoms with Gasteiger partial charge >= 0.3 is 0 Å². The molecule has 0 spiro atoms. The van der Waals surface area contributed by atoms with Crippen LogP contribution in [0.5, 0.6) is 5.75 Å². The van der Waals surface area contributed by atoms with Crippen molar-refractivity contribution < 1.29 is 9.53 Å². The van der Waals surface area contributed by atoms with E-state index in [2.05, 4.69) is 10.5 Å². The molecule has 1 N–H and O–H groups in total. The maximum atomic E-state index is 13.8. The van der Waals surface area contributed by atoms with Gasteiger partial charge in [0.05, 0.1) is 23.0 Å². The van der Waals surface area contributed by atoms with Gasteiger partial charge in [0.15, 0.2) is 5.16 Å². The largest absolute Gasteiger partial charge is 0.489 e. The number of carbonyl (C=O) groups is 1. The highest BCUT2D eigenvalue weighted by Crippen LogP contribution is 2.35. The number of para-hydroxylation sites is 1.